The van der Waals surface area contributed by atoms with Gasteiger partial charge in [0.05, 0.1) is 18.1 Å². The van der Waals surface area contributed by atoms with Crippen molar-refractivity contribution in [3.05, 3.63) is 0 Å². The summed E-state index contributed by atoms with van der Waals surface area (Å²) >= 11 is 0. The zero-order chi connectivity index (χ0) is 12.2. The van der Waals surface area contributed by atoms with Crippen molar-refractivity contribution in [3.63, 3.8) is 0 Å². The van der Waals surface area contributed by atoms with Gasteiger partial charge in [0.25, 0.3) is 0 Å². The van der Waals surface area contributed by atoms with E-state index in [4.69, 9.17) is 0 Å². The second kappa shape index (κ2) is 5.98. The highest BCUT2D eigenvalue weighted by Gasteiger charge is 2.27. The lowest BCUT2D eigenvalue weighted by Crippen LogP contribution is -2.49. The van der Waals surface area contributed by atoms with Crippen LogP contribution in [0.5, 0.6) is 0 Å². The molecule has 4 nitrogen and oxygen atoms in total. The third kappa shape index (κ3) is 4.03. The molecule has 1 aliphatic rings. The molecule has 1 aliphatic heterocycles. The third-order valence-electron chi connectivity index (χ3n) is 3.44. The summed E-state index contributed by atoms with van der Waals surface area (Å²) in [6, 6.07) is 0.0354. The second-order valence-corrected chi connectivity index (χ2v) is 7.02. The van der Waals surface area contributed by atoms with Gasteiger partial charge in [-0.15, -0.1) is 0 Å². The van der Waals surface area contributed by atoms with E-state index < -0.39 is 9.84 Å². The van der Waals surface area contributed by atoms with Crippen molar-refractivity contribution < 1.29 is 13.5 Å². The normalized spacial score (nSPS) is 28.6. The Morgan fingerprint density at radius 2 is 2.19 bits per heavy atom. The monoisotopic (exact) mass is 249 g/mol. The van der Waals surface area contributed by atoms with Crippen LogP contribution in [-0.2, 0) is 9.84 Å². The van der Waals surface area contributed by atoms with Crippen LogP contribution in [0.15, 0.2) is 0 Å². The third-order valence-corrected chi connectivity index (χ3v) is 5.26. The lowest BCUT2D eigenvalue weighted by molar-refractivity contribution is 0.190. The summed E-state index contributed by atoms with van der Waals surface area (Å²) in [4.78, 5) is 0. The van der Waals surface area contributed by atoms with Gasteiger partial charge in [-0.2, -0.15) is 0 Å². The zero-order valence-electron chi connectivity index (χ0n) is 10.1. The van der Waals surface area contributed by atoms with Crippen LogP contribution < -0.4 is 5.32 Å². The molecule has 0 bridgehead atoms. The fraction of sp³-hybridized carbons (Fsp3) is 1.00. The summed E-state index contributed by atoms with van der Waals surface area (Å²) in [7, 11) is -2.86. The Kier molecular flexibility index (Phi) is 5.21. The Morgan fingerprint density at radius 3 is 2.69 bits per heavy atom. The highest BCUT2D eigenvalue weighted by atomic mass is 32.2. The van der Waals surface area contributed by atoms with E-state index in [1.165, 1.54) is 0 Å². The maximum atomic E-state index is 11.5. The SMILES string of the molecule is CCC(C)C(CO)NC1CCCS(=O)(=O)C1. The van der Waals surface area contributed by atoms with Crippen LogP contribution in [0.3, 0.4) is 0 Å². The Hall–Kier alpha value is -0.130. The largest absolute Gasteiger partial charge is 0.395 e. The number of aliphatic hydroxyl groups is 1. The first-order chi connectivity index (χ1) is 7.48. The Morgan fingerprint density at radius 1 is 1.50 bits per heavy atom. The van der Waals surface area contributed by atoms with Crippen molar-refractivity contribution in [2.45, 2.75) is 45.2 Å². The van der Waals surface area contributed by atoms with Crippen LogP contribution in [0, 0.1) is 5.92 Å². The van der Waals surface area contributed by atoms with Gasteiger partial charge in [-0.1, -0.05) is 20.3 Å². The molecule has 0 amide bonds. The van der Waals surface area contributed by atoms with E-state index in [-0.39, 0.29) is 24.4 Å². The van der Waals surface area contributed by atoms with E-state index in [1.54, 1.807) is 0 Å². The van der Waals surface area contributed by atoms with Crippen LogP contribution in [0.4, 0.5) is 0 Å². The predicted octanol–water partition coefficient (Wildman–Crippen LogP) is 0.560. The van der Waals surface area contributed by atoms with Gasteiger partial charge in [-0.25, -0.2) is 8.42 Å². The minimum Gasteiger partial charge on any atom is -0.395 e. The molecule has 3 atom stereocenters. The molecule has 16 heavy (non-hydrogen) atoms. The van der Waals surface area contributed by atoms with Crippen LogP contribution in [0.25, 0.3) is 0 Å². The van der Waals surface area contributed by atoms with Crippen LogP contribution in [0.2, 0.25) is 0 Å². The molecule has 0 radical (unpaired) electrons. The average Bonchev–Trinajstić information content (AvgIpc) is 2.23. The molecule has 0 aromatic carbocycles. The molecule has 0 aromatic rings. The van der Waals surface area contributed by atoms with Crippen LogP contribution in [-0.4, -0.2) is 43.7 Å². The second-order valence-electron chi connectivity index (χ2n) is 4.79. The molecule has 2 N–H and O–H groups in total. The molecule has 1 saturated heterocycles. The minimum absolute atomic E-state index is 0.0169. The average molecular weight is 249 g/mol. The molecule has 5 heteroatoms. The fourth-order valence-corrected chi connectivity index (χ4v) is 3.79. The molecule has 1 fully saturated rings. The summed E-state index contributed by atoms with van der Waals surface area (Å²) < 4.78 is 22.9. The molecular weight excluding hydrogens is 226 g/mol. The summed E-state index contributed by atoms with van der Waals surface area (Å²) in [6.45, 7) is 4.23. The lowest BCUT2D eigenvalue weighted by Gasteiger charge is -2.30. The molecule has 1 heterocycles. The summed E-state index contributed by atoms with van der Waals surface area (Å²) in [5, 5.41) is 12.6. The Balaban J connectivity index is 2.52. The molecule has 3 unspecified atom stereocenters. The van der Waals surface area contributed by atoms with Crippen molar-refractivity contribution >= 4 is 9.84 Å². The highest BCUT2D eigenvalue weighted by Crippen LogP contribution is 2.15. The number of hydrogen-bond donors (Lipinski definition) is 2. The van der Waals surface area contributed by atoms with Gasteiger partial charge < -0.3 is 10.4 Å². The van der Waals surface area contributed by atoms with Gasteiger partial charge in [-0.3, -0.25) is 0 Å². The van der Waals surface area contributed by atoms with E-state index in [0.717, 1.165) is 19.3 Å². The molecular formula is C11H23NO3S. The zero-order valence-corrected chi connectivity index (χ0v) is 11.0. The molecule has 0 saturated carbocycles. The Labute approximate surface area is 98.4 Å². The van der Waals surface area contributed by atoms with Crippen molar-refractivity contribution in [2.75, 3.05) is 18.1 Å². The fourth-order valence-electron chi connectivity index (χ4n) is 2.14. The first-order valence-electron chi connectivity index (χ1n) is 6.06. The van der Waals surface area contributed by atoms with Crippen molar-refractivity contribution in [1.82, 2.24) is 5.32 Å². The molecule has 1 rings (SSSR count). The van der Waals surface area contributed by atoms with E-state index in [2.05, 4.69) is 19.2 Å². The van der Waals surface area contributed by atoms with E-state index >= 15 is 0 Å². The standard InChI is InChI=1S/C11H23NO3S/c1-3-9(2)11(7-13)12-10-5-4-6-16(14,15)8-10/h9-13H,3-8H2,1-2H3. The summed E-state index contributed by atoms with van der Waals surface area (Å²) in [5.74, 6) is 0.910. The topological polar surface area (TPSA) is 66.4 Å². The number of aliphatic hydroxyl groups excluding tert-OH is 1. The quantitative estimate of drug-likeness (QED) is 0.747. The van der Waals surface area contributed by atoms with Crippen molar-refractivity contribution in [1.29, 1.82) is 0 Å². The van der Waals surface area contributed by atoms with Crippen LogP contribution >= 0.6 is 0 Å². The molecule has 0 spiro atoms. The smallest absolute Gasteiger partial charge is 0.151 e. The summed E-state index contributed by atoms with van der Waals surface area (Å²) in [5.41, 5.74) is 0. The van der Waals surface area contributed by atoms with Gasteiger partial charge in [0.15, 0.2) is 9.84 Å². The minimum atomic E-state index is -2.86. The predicted molar refractivity (Wildman–Crippen MR) is 65.1 cm³/mol. The molecule has 0 aromatic heterocycles. The van der Waals surface area contributed by atoms with Gasteiger partial charge in [0.2, 0.25) is 0 Å². The maximum Gasteiger partial charge on any atom is 0.151 e. The first-order valence-corrected chi connectivity index (χ1v) is 7.88. The van der Waals surface area contributed by atoms with E-state index in [9.17, 15) is 13.5 Å². The first kappa shape index (κ1) is 13.9. The van der Waals surface area contributed by atoms with E-state index in [0.29, 0.717) is 11.7 Å². The Bertz CT molecular complexity index is 302. The van der Waals surface area contributed by atoms with E-state index in [1.807, 2.05) is 0 Å². The van der Waals surface area contributed by atoms with Crippen LogP contribution in [0.1, 0.15) is 33.1 Å². The van der Waals surface area contributed by atoms with Gasteiger partial charge in [0, 0.05) is 12.1 Å². The van der Waals surface area contributed by atoms with Gasteiger partial charge >= 0.3 is 0 Å². The van der Waals surface area contributed by atoms with Gasteiger partial charge in [0.1, 0.15) is 0 Å². The maximum absolute atomic E-state index is 11.5. The lowest BCUT2D eigenvalue weighted by atomic mass is 9.98. The molecule has 96 valence electrons. The number of hydrogen-bond acceptors (Lipinski definition) is 4. The highest BCUT2D eigenvalue weighted by molar-refractivity contribution is 7.91. The number of rotatable bonds is 5. The number of sulfone groups is 1. The van der Waals surface area contributed by atoms with Crippen molar-refractivity contribution in [2.24, 2.45) is 5.92 Å². The van der Waals surface area contributed by atoms with Crippen molar-refractivity contribution in [3.8, 4) is 0 Å². The summed E-state index contributed by atoms with van der Waals surface area (Å²) in [6.07, 6.45) is 2.61. The van der Waals surface area contributed by atoms with Gasteiger partial charge in [-0.05, 0) is 18.8 Å². The molecule has 0 aliphatic carbocycles. The number of nitrogens with one attached hydrogen (secondary N) is 1.